The molecular formula is C92H149N23O34S. The van der Waals surface area contributed by atoms with Gasteiger partial charge >= 0.3 is 35.8 Å². The number of thioether (sulfide) groups is 1. The maximum absolute atomic E-state index is 14.6. The molecule has 0 spiro atoms. The molecule has 0 fully saturated rings. The number of aliphatic hydroxyl groups excluding tert-OH is 2. The van der Waals surface area contributed by atoms with Crippen molar-refractivity contribution in [3.63, 3.8) is 0 Å². The third-order valence-corrected chi connectivity index (χ3v) is 23.1. The minimum atomic E-state index is -2.10. The molecule has 20 atom stereocenters. The van der Waals surface area contributed by atoms with Crippen LogP contribution in [0.3, 0.4) is 0 Å². The van der Waals surface area contributed by atoms with E-state index < -0.39 is 364 Å². The number of rotatable bonds is 73. The first-order valence-electron chi connectivity index (χ1n) is 48.4. The van der Waals surface area contributed by atoms with Crippen LogP contribution >= 0.6 is 11.8 Å². The lowest BCUT2D eigenvalue weighted by Crippen LogP contribution is -2.62. The number of carbonyl (C=O) groups excluding carboxylic acids is 19. The van der Waals surface area contributed by atoms with E-state index in [-0.39, 0.29) is 86.8 Å². The first kappa shape index (κ1) is 133. The third kappa shape index (κ3) is 52.7. The number of nitrogens with two attached hydrogens (primary N) is 3. The normalized spacial score (nSPS) is 15.2. The van der Waals surface area contributed by atoms with Gasteiger partial charge in [-0.3, -0.25) is 120 Å². The highest BCUT2D eigenvalue weighted by Gasteiger charge is 2.42. The molecule has 0 aliphatic carbocycles. The number of carbonyl (C=O) groups is 25. The van der Waals surface area contributed by atoms with Crippen molar-refractivity contribution >= 4 is 166 Å². The van der Waals surface area contributed by atoms with Crippen LogP contribution in [-0.2, 0) is 126 Å². The summed E-state index contributed by atoms with van der Waals surface area (Å²) >= 11 is 1.18. The van der Waals surface area contributed by atoms with E-state index >= 15 is 0 Å². The molecule has 0 bridgehead atoms. The van der Waals surface area contributed by atoms with Crippen LogP contribution in [-0.4, -0.2) is 347 Å². The molecule has 1 aromatic rings. The quantitative estimate of drug-likeness (QED) is 0.0164. The second-order valence-corrected chi connectivity index (χ2v) is 38.6. The molecule has 0 saturated carbocycles. The molecular weight excluding hydrogens is 2000 g/mol. The Morgan fingerprint density at radius 2 is 0.687 bits per heavy atom. The van der Waals surface area contributed by atoms with E-state index in [0.717, 1.165) is 32.9 Å². The van der Waals surface area contributed by atoms with Crippen molar-refractivity contribution in [2.45, 2.75) is 320 Å². The number of amides is 19. The molecule has 0 aromatic heterocycles. The average molecular weight is 2150 g/mol. The second-order valence-electron chi connectivity index (χ2n) is 37.6. The Morgan fingerprint density at radius 3 is 1.09 bits per heavy atom. The molecule has 842 valence electrons. The number of guanidine groups is 1. The zero-order chi connectivity index (χ0) is 115. The number of aliphatic hydroxyl groups is 2. The highest BCUT2D eigenvalue weighted by atomic mass is 32.2. The molecule has 0 heterocycles. The van der Waals surface area contributed by atoms with Crippen LogP contribution in [0, 0.1) is 35.0 Å². The van der Waals surface area contributed by atoms with Crippen LogP contribution < -0.4 is 118 Å². The Morgan fingerprint density at radius 1 is 0.353 bits per heavy atom. The molecule has 0 aliphatic heterocycles. The fourth-order valence-electron chi connectivity index (χ4n) is 14.3. The molecule has 0 radical (unpaired) electrons. The predicted molar refractivity (Wildman–Crippen MR) is 532 cm³/mol. The largest absolute Gasteiger partial charge is 0.508 e. The van der Waals surface area contributed by atoms with E-state index in [1.807, 2.05) is 19.2 Å². The van der Waals surface area contributed by atoms with Crippen molar-refractivity contribution in [2.75, 3.05) is 31.7 Å². The molecule has 58 heteroatoms. The predicted octanol–water partition coefficient (Wildman–Crippen LogP) is -8.22. The summed E-state index contributed by atoms with van der Waals surface area (Å²) in [5.74, 6) is -34.5. The van der Waals surface area contributed by atoms with E-state index in [9.17, 15) is 166 Å². The van der Waals surface area contributed by atoms with Gasteiger partial charge < -0.3 is 164 Å². The van der Waals surface area contributed by atoms with E-state index in [2.05, 4.69) is 95.7 Å². The van der Waals surface area contributed by atoms with E-state index in [0.29, 0.717) is 0 Å². The molecule has 1 aromatic carbocycles. The van der Waals surface area contributed by atoms with Gasteiger partial charge in [-0.1, -0.05) is 87.8 Å². The first-order valence-corrected chi connectivity index (χ1v) is 49.8. The van der Waals surface area contributed by atoms with Gasteiger partial charge in [0.05, 0.1) is 44.6 Å². The zero-order valence-corrected chi connectivity index (χ0v) is 86.9. The molecule has 1 rings (SSSR count). The van der Waals surface area contributed by atoms with Crippen molar-refractivity contribution in [1.82, 2.24) is 101 Å². The number of aromatic hydroxyl groups is 1. The van der Waals surface area contributed by atoms with E-state index in [4.69, 9.17) is 22.6 Å². The summed E-state index contributed by atoms with van der Waals surface area (Å²) in [7, 11) is 0. The fourth-order valence-corrected chi connectivity index (χ4v) is 14.8. The second kappa shape index (κ2) is 68.0. The van der Waals surface area contributed by atoms with Crippen molar-refractivity contribution in [3.8, 4) is 5.75 Å². The number of nitrogens with one attached hydrogen (secondary N) is 20. The third-order valence-electron chi connectivity index (χ3n) is 22.5. The van der Waals surface area contributed by atoms with Crippen LogP contribution in [0.25, 0.3) is 0 Å². The SMILES string of the molecule is CC[C@H](C)[C@H](NC(=O)[C@H](CC(=O)O)NC(=O)[C@H](CC(C)C)NC(=O)[C@@H](N)CC(C)C)C(=O)N[C@@H](CC(C)C)C(=O)N[C@@H](CC(=O)O)C(=O)N[C@H](C(=O)N[C@@H](C)C(=O)NCC(=O)N[C@@H](CC(C)C)C(=O)N[C@@H](CCC(=O)O)C(=O)N[C@@H](CCC(=O)O)C(=O)N[C@@H](Cc1ccc(O)cc1)C(=O)N[C@@H](CO)C(=O)N[C@@H](C)C(=O)N[C@@H](CCSC)C(=O)N[C@@H](CCCNC(=N)N)C(=O)N[C@@H](CC(=O)O)C(=O)N[C@@H](CCC(N)=O)C(=O)O)[C@@H](C)O. The van der Waals surface area contributed by atoms with Gasteiger partial charge in [0.1, 0.15) is 108 Å². The molecule has 35 N–H and O–H groups in total. The van der Waals surface area contributed by atoms with Crippen LogP contribution in [0.4, 0.5) is 0 Å². The Labute approximate surface area is 868 Å². The molecule has 0 saturated heterocycles. The number of carboxylic acids is 6. The highest BCUT2D eigenvalue weighted by Crippen LogP contribution is 2.19. The number of aliphatic carboxylic acids is 6. The van der Waals surface area contributed by atoms with Crippen molar-refractivity contribution < 1.29 is 166 Å². The van der Waals surface area contributed by atoms with Gasteiger partial charge in [0.15, 0.2) is 5.96 Å². The van der Waals surface area contributed by atoms with E-state index in [1.54, 1.807) is 54.7 Å². The summed E-state index contributed by atoms with van der Waals surface area (Å²) in [6.07, 6.45) is -9.22. The fraction of sp³-hybridized carbons (Fsp3) is 0.652. The molecule has 19 amide bonds. The maximum Gasteiger partial charge on any atom is 0.326 e. The Kier molecular flexibility index (Phi) is 60.4. The Bertz CT molecular complexity index is 4840. The number of hydrogen-bond acceptors (Lipinski definition) is 31. The number of carboxylic acid groups (broad SMARTS) is 6. The smallest absolute Gasteiger partial charge is 0.326 e. The highest BCUT2D eigenvalue weighted by molar-refractivity contribution is 7.98. The van der Waals surface area contributed by atoms with Gasteiger partial charge in [-0.2, -0.15) is 11.8 Å². The van der Waals surface area contributed by atoms with Gasteiger partial charge in [-0.05, 0) is 144 Å². The van der Waals surface area contributed by atoms with E-state index in [1.165, 1.54) is 30.8 Å². The average Bonchev–Trinajstić information content (AvgIpc) is 0.832. The van der Waals surface area contributed by atoms with Gasteiger partial charge in [0.25, 0.3) is 0 Å². The summed E-state index contributed by atoms with van der Waals surface area (Å²) in [4.78, 5) is 336. The topological polar surface area (TPSA) is 939 Å². The lowest BCUT2D eigenvalue weighted by molar-refractivity contribution is -0.144. The molecule has 0 aliphatic rings. The van der Waals surface area contributed by atoms with Crippen molar-refractivity contribution in [1.29, 1.82) is 5.41 Å². The van der Waals surface area contributed by atoms with Gasteiger partial charge in [-0.25, -0.2) is 4.79 Å². The minimum Gasteiger partial charge on any atom is -0.508 e. The van der Waals surface area contributed by atoms with Gasteiger partial charge in [0, 0.05) is 32.2 Å². The van der Waals surface area contributed by atoms with Crippen LogP contribution in [0.1, 0.15) is 205 Å². The summed E-state index contributed by atoms with van der Waals surface area (Å²) in [6, 6.07) is -26.6. The summed E-state index contributed by atoms with van der Waals surface area (Å²) in [6.45, 7) is 17.5. The van der Waals surface area contributed by atoms with Crippen LogP contribution in [0.2, 0.25) is 0 Å². The monoisotopic (exact) mass is 2150 g/mol. The lowest BCUT2D eigenvalue weighted by atomic mass is 9.96. The standard InChI is InChI=1S/C92H149N23O34S/c1-15-45(10)72(114-86(143)62(37-70(127)128)110-82(139)58(33-43(6)7)107-76(133)51(93)31-41(2)3)89(146)112-59(34-44(8)9)83(140)111-63(38-71(129)130)87(144)115-73(48(13)117)90(147)100-46(11)74(131)98-39-66(120)101-57(32-42(4)5)81(138)105-53(23-26-67(121)122)78(135)104-54(24-27-68(123)124)79(136)108-60(35-49-18-20-50(118)21-19-49)84(141)113-64(40-116)88(145)99-47(12)75(132)102-55(28-30-150-14)80(137)103-52(17-16-29-97-92(95)96)77(134)109-61(36-69(125)126)85(142)106-56(91(148)149)22-25-65(94)119/h18-21,41-48,51-64,72-73,116-118H,15-17,22-40,93H2,1-14H3,(H2,94,119)(H,98,131)(H,99,145)(H,100,147)(H,101,120)(H,102,132)(H,103,137)(H,104,135)(H,105,138)(H,106,142)(H,107,133)(H,108,136)(H,109,134)(H,110,139)(H,111,140)(H,112,146)(H,113,141)(H,114,143)(H,115,144)(H,121,122)(H,123,124)(H,125,126)(H,127,128)(H,129,130)(H,148,149)(H4,95,96,97)/t45-,46-,47-,48+,51-,52-,53-,54-,55-,56-,57-,58-,59-,60-,61-,62-,63-,64-,72-,73-/m0/s1. The first-order chi connectivity index (χ1) is 69.9. The zero-order valence-electron chi connectivity index (χ0n) is 86.1. The van der Waals surface area contributed by atoms with Crippen molar-refractivity contribution in [3.05, 3.63) is 29.8 Å². The number of benzene rings is 1. The maximum atomic E-state index is 14.6. The molecule has 0 unspecified atom stereocenters. The molecule has 150 heavy (non-hydrogen) atoms. The summed E-state index contributed by atoms with van der Waals surface area (Å²) in [5.41, 5.74) is 16.8. The van der Waals surface area contributed by atoms with Crippen LogP contribution in [0.5, 0.6) is 5.75 Å². The lowest BCUT2D eigenvalue weighted by Gasteiger charge is -2.30. The van der Waals surface area contributed by atoms with Gasteiger partial charge in [-0.15, -0.1) is 0 Å². The van der Waals surface area contributed by atoms with Crippen LogP contribution in [0.15, 0.2) is 24.3 Å². The van der Waals surface area contributed by atoms with Gasteiger partial charge in [0.2, 0.25) is 112 Å². The Balaban J connectivity index is 3.59. The number of hydrogen-bond donors (Lipinski definition) is 32. The minimum absolute atomic E-state index is 0.00491. The number of primary amides is 1. The summed E-state index contributed by atoms with van der Waals surface area (Å²) in [5, 5.41) is 142. The van der Waals surface area contributed by atoms with Crippen molar-refractivity contribution in [2.24, 2.45) is 46.8 Å². The summed E-state index contributed by atoms with van der Waals surface area (Å²) < 4.78 is 0. The molecule has 57 nitrogen and oxygen atoms in total. The Hall–Kier alpha value is -14.7. The number of phenolic OH excluding ortho intramolecular Hbond substituents is 1. The number of phenols is 1.